The van der Waals surface area contributed by atoms with Gasteiger partial charge in [0.1, 0.15) is 4.34 Å². The predicted molar refractivity (Wildman–Crippen MR) is 126 cm³/mol. The highest BCUT2D eigenvalue weighted by Crippen LogP contribution is 2.50. The highest BCUT2D eigenvalue weighted by molar-refractivity contribution is 7.91. The first-order valence-corrected chi connectivity index (χ1v) is 13.0. The van der Waals surface area contributed by atoms with Crippen molar-refractivity contribution in [3.63, 3.8) is 0 Å². The number of aryl methyl sites for hydroxylation is 2. The van der Waals surface area contributed by atoms with Gasteiger partial charge in [-0.2, -0.15) is 0 Å². The van der Waals surface area contributed by atoms with Crippen molar-refractivity contribution >= 4 is 43.6 Å². The Kier molecular flexibility index (Phi) is 5.13. The Morgan fingerprint density at radius 2 is 1.81 bits per heavy atom. The van der Waals surface area contributed by atoms with E-state index in [0.717, 1.165) is 30.8 Å². The van der Waals surface area contributed by atoms with Gasteiger partial charge in [0.15, 0.2) is 10.2 Å². The van der Waals surface area contributed by atoms with Crippen LogP contribution in [0.25, 0.3) is 0 Å². The zero-order chi connectivity index (χ0) is 21.9. The van der Waals surface area contributed by atoms with Crippen molar-refractivity contribution in [2.45, 2.75) is 42.1 Å². The summed E-state index contributed by atoms with van der Waals surface area (Å²) in [5.74, 6) is 0.369. The summed E-state index contributed by atoms with van der Waals surface area (Å²) in [6.45, 7) is 6.01. The molecule has 162 valence electrons. The highest BCUT2D eigenvalue weighted by Gasteiger charge is 2.43. The minimum atomic E-state index is -3.78. The number of thiazole rings is 1. The van der Waals surface area contributed by atoms with Gasteiger partial charge in [-0.25, -0.2) is 13.4 Å². The summed E-state index contributed by atoms with van der Waals surface area (Å²) in [4.78, 5) is 9.40. The number of hydrogen-bond acceptors (Lipinski definition) is 6. The number of rotatable bonds is 3. The lowest BCUT2D eigenvalue weighted by atomic mass is 9.89. The highest BCUT2D eigenvalue weighted by atomic mass is 35.5. The van der Waals surface area contributed by atoms with Gasteiger partial charge < -0.3 is 9.80 Å². The SMILES string of the molecule is Cc1ccc(S(=O)(=O)c2nc(N3c4ccc(C)cc4[C@@H]4CN(C)CC[C@H]43)sc2Cl)cc1. The van der Waals surface area contributed by atoms with Gasteiger partial charge in [-0.1, -0.05) is 58.3 Å². The van der Waals surface area contributed by atoms with Crippen LogP contribution in [0.4, 0.5) is 10.8 Å². The number of nitrogens with zero attached hydrogens (tertiary/aromatic N) is 3. The molecule has 2 atom stereocenters. The number of fused-ring (bicyclic) bond motifs is 3. The number of aromatic nitrogens is 1. The van der Waals surface area contributed by atoms with Crippen LogP contribution in [0.5, 0.6) is 0 Å². The molecule has 2 aromatic carbocycles. The summed E-state index contributed by atoms with van der Waals surface area (Å²) in [6, 6.07) is 13.5. The fourth-order valence-electron chi connectivity index (χ4n) is 4.71. The number of likely N-dealkylation sites (N-methyl/N-ethyl adjacent to an activating group) is 1. The third kappa shape index (κ3) is 3.48. The number of hydrogen-bond donors (Lipinski definition) is 0. The molecule has 2 aliphatic heterocycles. The predicted octanol–water partition coefficient (Wildman–Crippen LogP) is 5.19. The lowest BCUT2D eigenvalue weighted by molar-refractivity contribution is 0.236. The lowest BCUT2D eigenvalue weighted by Crippen LogP contribution is -2.43. The fourth-order valence-corrected chi connectivity index (χ4v) is 7.67. The first kappa shape index (κ1) is 20.9. The van der Waals surface area contributed by atoms with E-state index in [4.69, 9.17) is 11.6 Å². The summed E-state index contributed by atoms with van der Waals surface area (Å²) in [6.07, 6.45) is 0.992. The molecule has 0 spiro atoms. The molecule has 2 aliphatic rings. The van der Waals surface area contributed by atoms with E-state index in [9.17, 15) is 8.42 Å². The Morgan fingerprint density at radius 1 is 1.10 bits per heavy atom. The molecule has 5 nitrogen and oxygen atoms in total. The molecule has 5 rings (SSSR count). The molecule has 1 aromatic heterocycles. The maximum Gasteiger partial charge on any atom is 0.226 e. The van der Waals surface area contributed by atoms with Crippen LogP contribution in [0.15, 0.2) is 52.4 Å². The molecule has 0 unspecified atom stereocenters. The van der Waals surface area contributed by atoms with Crippen LogP contribution in [0.2, 0.25) is 4.34 Å². The first-order valence-electron chi connectivity index (χ1n) is 10.3. The number of likely N-dealkylation sites (tertiary alicyclic amines) is 1. The average molecular weight is 474 g/mol. The first-order chi connectivity index (χ1) is 14.8. The largest absolute Gasteiger partial charge is 0.314 e. The fraction of sp³-hybridized carbons (Fsp3) is 0.348. The number of halogens is 1. The normalized spacial score (nSPS) is 21.2. The molecule has 0 bridgehead atoms. The average Bonchev–Trinajstić information content (AvgIpc) is 3.26. The van der Waals surface area contributed by atoms with Gasteiger partial charge in [0.2, 0.25) is 9.84 Å². The lowest BCUT2D eigenvalue weighted by Gasteiger charge is -2.36. The van der Waals surface area contributed by atoms with Crippen molar-refractivity contribution in [3.8, 4) is 0 Å². The van der Waals surface area contributed by atoms with E-state index < -0.39 is 9.84 Å². The molecule has 8 heteroatoms. The van der Waals surface area contributed by atoms with Crippen LogP contribution < -0.4 is 4.90 Å². The molecular weight excluding hydrogens is 450 g/mol. The smallest absolute Gasteiger partial charge is 0.226 e. The Hall–Kier alpha value is -1.93. The van der Waals surface area contributed by atoms with Crippen molar-refractivity contribution in [3.05, 3.63) is 63.5 Å². The standard InChI is InChI=1S/C23H24ClN3O2S2/c1-14-4-7-16(8-5-14)31(28,29)22-21(24)30-23(25-22)27-19-9-6-15(2)12-17(19)18-13-26(3)11-10-20(18)27/h4-9,12,18,20H,10-11,13H2,1-3H3/t18-,20+/m0/s1. The quantitative estimate of drug-likeness (QED) is 0.524. The monoisotopic (exact) mass is 473 g/mol. The maximum absolute atomic E-state index is 13.2. The van der Waals surface area contributed by atoms with E-state index in [0.29, 0.717) is 11.0 Å². The zero-order valence-electron chi connectivity index (χ0n) is 17.7. The van der Waals surface area contributed by atoms with E-state index in [-0.39, 0.29) is 20.3 Å². The molecule has 1 saturated heterocycles. The summed E-state index contributed by atoms with van der Waals surface area (Å²) >= 11 is 7.73. The van der Waals surface area contributed by atoms with Gasteiger partial charge in [-0.05, 0) is 57.6 Å². The van der Waals surface area contributed by atoms with Crippen molar-refractivity contribution in [1.29, 1.82) is 0 Å². The number of benzene rings is 2. The van der Waals surface area contributed by atoms with Crippen LogP contribution in [-0.2, 0) is 9.84 Å². The van der Waals surface area contributed by atoms with E-state index in [1.165, 1.54) is 22.5 Å². The number of piperidine rings is 1. The van der Waals surface area contributed by atoms with Crippen LogP contribution >= 0.6 is 22.9 Å². The topological polar surface area (TPSA) is 53.5 Å². The van der Waals surface area contributed by atoms with Gasteiger partial charge in [0, 0.05) is 24.2 Å². The van der Waals surface area contributed by atoms with E-state index in [1.54, 1.807) is 24.3 Å². The Balaban J connectivity index is 1.59. The maximum atomic E-state index is 13.2. The van der Waals surface area contributed by atoms with Crippen LogP contribution in [0.1, 0.15) is 29.0 Å². The molecule has 31 heavy (non-hydrogen) atoms. The summed E-state index contributed by atoms with van der Waals surface area (Å²) in [5.41, 5.74) is 4.65. The van der Waals surface area contributed by atoms with E-state index in [1.807, 2.05) is 6.92 Å². The molecular formula is C23H24ClN3O2S2. The van der Waals surface area contributed by atoms with Gasteiger partial charge in [0.05, 0.1) is 4.90 Å². The molecule has 0 N–H and O–H groups in total. The molecule has 0 radical (unpaired) electrons. The van der Waals surface area contributed by atoms with Crippen molar-refractivity contribution in [2.24, 2.45) is 0 Å². The molecule has 0 aliphatic carbocycles. The Labute approximate surface area is 192 Å². The minimum absolute atomic E-state index is 0.0527. The van der Waals surface area contributed by atoms with Crippen molar-refractivity contribution in [1.82, 2.24) is 9.88 Å². The second kappa shape index (κ2) is 7.59. The van der Waals surface area contributed by atoms with Crippen molar-refractivity contribution < 1.29 is 8.42 Å². The molecule has 3 heterocycles. The van der Waals surface area contributed by atoms with Gasteiger partial charge >= 0.3 is 0 Å². The second-order valence-corrected chi connectivity index (χ2v) is 12.0. The minimum Gasteiger partial charge on any atom is -0.314 e. The van der Waals surface area contributed by atoms with Crippen LogP contribution in [0.3, 0.4) is 0 Å². The number of anilines is 2. The van der Waals surface area contributed by atoms with E-state index in [2.05, 4.69) is 47.0 Å². The number of sulfone groups is 1. The summed E-state index contributed by atoms with van der Waals surface area (Å²) in [5, 5.41) is 0.598. The van der Waals surface area contributed by atoms with Gasteiger partial charge in [-0.15, -0.1) is 0 Å². The molecule has 1 fully saturated rings. The second-order valence-electron chi connectivity index (χ2n) is 8.55. The third-order valence-electron chi connectivity index (χ3n) is 6.29. The summed E-state index contributed by atoms with van der Waals surface area (Å²) in [7, 11) is -1.63. The zero-order valence-corrected chi connectivity index (χ0v) is 20.1. The Morgan fingerprint density at radius 3 is 2.55 bits per heavy atom. The molecule has 0 amide bonds. The Bertz CT molecular complexity index is 1250. The molecule has 3 aromatic rings. The van der Waals surface area contributed by atoms with Crippen LogP contribution in [0, 0.1) is 13.8 Å². The van der Waals surface area contributed by atoms with Crippen LogP contribution in [-0.4, -0.2) is 44.5 Å². The van der Waals surface area contributed by atoms with Gasteiger partial charge in [-0.3, -0.25) is 0 Å². The van der Waals surface area contributed by atoms with Gasteiger partial charge in [0.25, 0.3) is 0 Å². The summed E-state index contributed by atoms with van der Waals surface area (Å²) < 4.78 is 26.7. The van der Waals surface area contributed by atoms with Crippen molar-refractivity contribution in [2.75, 3.05) is 25.0 Å². The molecule has 0 saturated carbocycles. The third-order valence-corrected chi connectivity index (χ3v) is 9.48. The van der Waals surface area contributed by atoms with E-state index >= 15 is 0 Å².